The smallest absolute Gasteiger partial charge is 0.217 e. The van der Waals surface area contributed by atoms with Crippen LogP contribution in [-0.2, 0) is 4.79 Å². The Morgan fingerprint density at radius 2 is 2.05 bits per heavy atom. The van der Waals surface area contributed by atoms with Crippen LogP contribution in [-0.4, -0.2) is 50.6 Å². The van der Waals surface area contributed by atoms with E-state index in [1.807, 2.05) is 12.1 Å². The molecule has 0 atom stereocenters. The van der Waals surface area contributed by atoms with Crippen molar-refractivity contribution in [3.05, 3.63) is 24.3 Å². The summed E-state index contributed by atoms with van der Waals surface area (Å²) in [6, 6.07) is 8.17. The van der Waals surface area contributed by atoms with E-state index in [0.29, 0.717) is 6.42 Å². The highest BCUT2D eigenvalue weighted by atomic mass is 16.5. The highest BCUT2D eigenvalue weighted by Gasteiger charge is 2.17. The number of ether oxygens (including phenoxy) is 1. The zero-order valence-electron chi connectivity index (χ0n) is 12.0. The molecule has 5 heteroatoms. The molecule has 0 saturated carbocycles. The molecule has 2 N–H and O–H groups in total. The van der Waals surface area contributed by atoms with Gasteiger partial charge in [-0.1, -0.05) is 6.07 Å². The second kappa shape index (κ2) is 7.14. The van der Waals surface area contributed by atoms with Crippen LogP contribution in [0, 0.1) is 0 Å². The third-order valence-corrected chi connectivity index (χ3v) is 3.69. The van der Waals surface area contributed by atoms with E-state index in [1.165, 1.54) is 5.69 Å². The molecule has 110 valence electrons. The van der Waals surface area contributed by atoms with Crippen LogP contribution < -0.4 is 15.4 Å². The summed E-state index contributed by atoms with van der Waals surface area (Å²) in [6.45, 7) is 5.01. The fraction of sp³-hybridized carbons (Fsp3) is 0.533. The van der Waals surface area contributed by atoms with Crippen molar-refractivity contribution in [3.63, 3.8) is 0 Å². The Balaban J connectivity index is 1.80. The number of amides is 1. The monoisotopic (exact) mass is 277 g/mol. The van der Waals surface area contributed by atoms with Crippen molar-refractivity contribution < 1.29 is 9.53 Å². The van der Waals surface area contributed by atoms with Gasteiger partial charge < -0.3 is 15.4 Å². The molecular weight excluding hydrogens is 254 g/mol. The molecule has 0 radical (unpaired) electrons. The first-order valence-corrected chi connectivity index (χ1v) is 7.08. The number of nitrogens with two attached hydrogens (primary N) is 1. The second-order valence-corrected chi connectivity index (χ2v) is 5.10. The molecule has 1 amide bonds. The summed E-state index contributed by atoms with van der Waals surface area (Å²) in [5.41, 5.74) is 6.37. The third-order valence-electron chi connectivity index (χ3n) is 3.69. The third kappa shape index (κ3) is 4.13. The van der Waals surface area contributed by atoms with E-state index in [1.54, 1.807) is 7.11 Å². The highest BCUT2D eigenvalue weighted by Crippen LogP contribution is 2.22. The molecule has 1 heterocycles. The van der Waals surface area contributed by atoms with Crippen LogP contribution in [0.5, 0.6) is 5.75 Å². The minimum atomic E-state index is -0.208. The zero-order chi connectivity index (χ0) is 14.4. The zero-order valence-corrected chi connectivity index (χ0v) is 12.0. The first-order chi connectivity index (χ1) is 9.69. The number of carbonyl (C=O) groups excluding carboxylic acids is 1. The average Bonchev–Trinajstić information content (AvgIpc) is 2.48. The fourth-order valence-electron chi connectivity index (χ4n) is 2.51. The lowest BCUT2D eigenvalue weighted by atomic mass is 10.2. The Morgan fingerprint density at radius 1 is 1.30 bits per heavy atom. The number of carbonyl (C=O) groups is 1. The Bertz CT molecular complexity index is 442. The second-order valence-electron chi connectivity index (χ2n) is 5.10. The normalized spacial score (nSPS) is 16.1. The van der Waals surface area contributed by atoms with Gasteiger partial charge in [-0.25, -0.2) is 0 Å². The quantitative estimate of drug-likeness (QED) is 0.845. The van der Waals surface area contributed by atoms with Gasteiger partial charge in [-0.2, -0.15) is 0 Å². The lowest BCUT2D eigenvalue weighted by Gasteiger charge is -2.36. The van der Waals surface area contributed by atoms with Gasteiger partial charge in [-0.3, -0.25) is 9.69 Å². The van der Waals surface area contributed by atoms with Crippen molar-refractivity contribution in [2.75, 3.05) is 44.7 Å². The van der Waals surface area contributed by atoms with E-state index in [-0.39, 0.29) is 5.91 Å². The van der Waals surface area contributed by atoms with Gasteiger partial charge in [0.1, 0.15) is 5.75 Å². The SMILES string of the molecule is COc1cccc(N2CCN(CCCC(N)=O)CC2)c1. The van der Waals surface area contributed by atoms with Gasteiger partial charge in [0.05, 0.1) is 7.11 Å². The molecule has 0 aliphatic carbocycles. The van der Waals surface area contributed by atoms with Crippen LogP contribution in [0.25, 0.3) is 0 Å². The van der Waals surface area contributed by atoms with Crippen LogP contribution in [0.2, 0.25) is 0 Å². The molecule has 1 aromatic carbocycles. The molecule has 1 saturated heterocycles. The summed E-state index contributed by atoms with van der Waals surface area (Å²) in [7, 11) is 1.69. The Hall–Kier alpha value is -1.75. The van der Waals surface area contributed by atoms with Gasteiger partial charge in [-0.15, -0.1) is 0 Å². The highest BCUT2D eigenvalue weighted by molar-refractivity contribution is 5.73. The number of nitrogens with zero attached hydrogens (tertiary/aromatic N) is 2. The Kier molecular flexibility index (Phi) is 5.24. The predicted molar refractivity (Wildman–Crippen MR) is 80.1 cm³/mol. The van der Waals surface area contributed by atoms with Crippen molar-refractivity contribution in [2.45, 2.75) is 12.8 Å². The number of piperazine rings is 1. The molecule has 0 unspecified atom stereocenters. The van der Waals surface area contributed by atoms with Crippen LogP contribution in [0.4, 0.5) is 5.69 Å². The number of primary amides is 1. The topological polar surface area (TPSA) is 58.8 Å². The number of anilines is 1. The maximum absolute atomic E-state index is 10.7. The number of rotatable bonds is 6. The van der Waals surface area contributed by atoms with Crippen molar-refractivity contribution in [3.8, 4) is 5.75 Å². The summed E-state index contributed by atoms with van der Waals surface area (Å²) in [5.74, 6) is 0.686. The standard InChI is InChI=1S/C15H23N3O2/c1-20-14-5-2-4-13(12-14)18-10-8-17(9-11-18)7-3-6-15(16)19/h2,4-5,12H,3,6-11H2,1H3,(H2,16,19). The molecule has 5 nitrogen and oxygen atoms in total. The van der Waals surface area contributed by atoms with Crippen molar-refractivity contribution in [1.29, 1.82) is 0 Å². The Labute approximate surface area is 120 Å². The number of hydrogen-bond donors (Lipinski definition) is 1. The fourth-order valence-corrected chi connectivity index (χ4v) is 2.51. The number of hydrogen-bond acceptors (Lipinski definition) is 4. The maximum Gasteiger partial charge on any atom is 0.217 e. The van der Waals surface area contributed by atoms with Gasteiger partial charge in [0.2, 0.25) is 5.91 Å². The lowest BCUT2D eigenvalue weighted by Crippen LogP contribution is -2.46. The first kappa shape index (κ1) is 14.7. The van der Waals surface area contributed by atoms with Gasteiger partial charge in [0.25, 0.3) is 0 Å². The van der Waals surface area contributed by atoms with Crippen LogP contribution >= 0.6 is 0 Å². The Morgan fingerprint density at radius 3 is 2.70 bits per heavy atom. The van der Waals surface area contributed by atoms with Crippen molar-refractivity contribution in [1.82, 2.24) is 4.90 Å². The van der Waals surface area contributed by atoms with Gasteiger partial charge >= 0.3 is 0 Å². The molecule has 1 aliphatic heterocycles. The molecule has 1 fully saturated rings. The van der Waals surface area contributed by atoms with Crippen LogP contribution in [0.3, 0.4) is 0 Å². The lowest BCUT2D eigenvalue weighted by molar-refractivity contribution is -0.118. The van der Waals surface area contributed by atoms with E-state index < -0.39 is 0 Å². The molecule has 2 rings (SSSR count). The van der Waals surface area contributed by atoms with Crippen LogP contribution in [0.15, 0.2) is 24.3 Å². The van der Waals surface area contributed by atoms with Gasteiger partial charge in [-0.05, 0) is 25.1 Å². The maximum atomic E-state index is 10.7. The minimum Gasteiger partial charge on any atom is -0.497 e. The molecule has 1 aliphatic rings. The molecule has 0 bridgehead atoms. The average molecular weight is 277 g/mol. The van der Waals surface area contributed by atoms with E-state index in [0.717, 1.165) is 44.9 Å². The minimum absolute atomic E-state index is 0.208. The summed E-state index contributed by atoms with van der Waals surface area (Å²) in [6.07, 6.45) is 1.34. The molecule has 20 heavy (non-hydrogen) atoms. The van der Waals surface area contributed by atoms with Crippen molar-refractivity contribution in [2.24, 2.45) is 5.73 Å². The van der Waals surface area contributed by atoms with Crippen molar-refractivity contribution >= 4 is 11.6 Å². The molecule has 0 aromatic heterocycles. The van der Waals surface area contributed by atoms with Gasteiger partial charge in [0.15, 0.2) is 0 Å². The summed E-state index contributed by atoms with van der Waals surface area (Å²) < 4.78 is 5.26. The summed E-state index contributed by atoms with van der Waals surface area (Å²) in [5, 5.41) is 0. The largest absolute Gasteiger partial charge is 0.497 e. The molecular formula is C15H23N3O2. The van der Waals surface area contributed by atoms with Gasteiger partial charge in [0, 0.05) is 44.4 Å². The van der Waals surface area contributed by atoms with Crippen LogP contribution in [0.1, 0.15) is 12.8 Å². The molecule has 0 spiro atoms. The summed E-state index contributed by atoms with van der Waals surface area (Å²) in [4.78, 5) is 15.5. The van der Waals surface area contributed by atoms with E-state index in [2.05, 4.69) is 21.9 Å². The number of benzene rings is 1. The van der Waals surface area contributed by atoms with E-state index in [9.17, 15) is 4.79 Å². The first-order valence-electron chi connectivity index (χ1n) is 7.08. The predicted octanol–water partition coefficient (Wildman–Crippen LogP) is 1.08. The summed E-state index contributed by atoms with van der Waals surface area (Å²) >= 11 is 0. The number of methoxy groups -OCH3 is 1. The molecule has 1 aromatic rings. The van der Waals surface area contributed by atoms with E-state index in [4.69, 9.17) is 10.5 Å². The van der Waals surface area contributed by atoms with E-state index >= 15 is 0 Å².